The van der Waals surface area contributed by atoms with Gasteiger partial charge < -0.3 is 14.8 Å². The second-order valence-corrected chi connectivity index (χ2v) is 8.15. The van der Waals surface area contributed by atoms with E-state index in [0.29, 0.717) is 5.41 Å². The molecule has 2 fully saturated rings. The summed E-state index contributed by atoms with van der Waals surface area (Å²) in [6.45, 7) is 5.44. The Labute approximate surface area is 183 Å². The third kappa shape index (κ3) is 7.07. The van der Waals surface area contributed by atoms with Crippen molar-refractivity contribution in [3.8, 4) is 5.75 Å². The third-order valence-corrected chi connectivity index (χ3v) is 6.53. The fourth-order valence-corrected chi connectivity index (χ4v) is 4.81. The Morgan fingerprint density at radius 3 is 2.21 bits per heavy atom. The predicted octanol–water partition coefficient (Wildman–Crippen LogP) is 4.69. The van der Waals surface area contributed by atoms with Gasteiger partial charge in [0, 0.05) is 32.8 Å². The lowest BCUT2D eigenvalue weighted by atomic mass is 9.67. The molecule has 1 N–H and O–H groups in total. The third-order valence-electron chi connectivity index (χ3n) is 6.53. The van der Waals surface area contributed by atoms with Gasteiger partial charge >= 0.3 is 0 Å². The maximum Gasteiger partial charge on any atom is 0.118 e. The SMILES string of the molecule is COCCCN(Cc1ccc(OC)cc1)C1CCC2(CCNCC2)CC1.Cl.Cl. The standard InChI is InChI=1S/C22H36N2O2.2ClH/c1-25-17-3-16-24(18-19-4-6-21(26-2)7-5-19)20-8-10-22(11-9-20)12-14-23-15-13-22;;/h4-7,20,23H,3,8-18H2,1-2H3;2*1H. The Morgan fingerprint density at radius 2 is 1.64 bits per heavy atom. The largest absolute Gasteiger partial charge is 0.497 e. The summed E-state index contributed by atoms with van der Waals surface area (Å²) in [6, 6.07) is 9.29. The Morgan fingerprint density at radius 1 is 1.00 bits per heavy atom. The van der Waals surface area contributed by atoms with Crippen LogP contribution in [0.25, 0.3) is 0 Å². The summed E-state index contributed by atoms with van der Waals surface area (Å²) in [7, 11) is 3.53. The van der Waals surface area contributed by atoms with Crippen molar-refractivity contribution in [2.24, 2.45) is 5.41 Å². The van der Waals surface area contributed by atoms with Crippen molar-refractivity contribution in [2.75, 3.05) is 40.5 Å². The molecule has 1 saturated heterocycles. The molecule has 0 bridgehead atoms. The Kier molecular flexibility index (Phi) is 11.8. The van der Waals surface area contributed by atoms with Gasteiger partial charge in [0.15, 0.2) is 0 Å². The van der Waals surface area contributed by atoms with Gasteiger partial charge in [-0.25, -0.2) is 0 Å². The topological polar surface area (TPSA) is 33.7 Å². The van der Waals surface area contributed by atoms with Crippen molar-refractivity contribution in [3.63, 3.8) is 0 Å². The zero-order valence-corrected chi connectivity index (χ0v) is 19.1. The number of hydrogen-bond acceptors (Lipinski definition) is 4. The van der Waals surface area contributed by atoms with Gasteiger partial charge in [0.05, 0.1) is 7.11 Å². The molecule has 2 aliphatic rings. The zero-order chi connectivity index (χ0) is 18.2. The highest BCUT2D eigenvalue weighted by atomic mass is 35.5. The molecule has 162 valence electrons. The smallest absolute Gasteiger partial charge is 0.118 e. The number of nitrogens with one attached hydrogen (secondary N) is 1. The van der Waals surface area contributed by atoms with Crippen molar-refractivity contribution in [1.82, 2.24) is 10.2 Å². The summed E-state index contributed by atoms with van der Waals surface area (Å²) in [5, 5.41) is 3.53. The first-order valence-electron chi connectivity index (χ1n) is 10.3. The zero-order valence-electron chi connectivity index (χ0n) is 17.5. The predicted molar refractivity (Wildman–Crippen MR) is 121 cm³/mol. The van der Waals surface area contributed by atoms with Gasteiger partial charge in [0.2, 0.25) is 0 Å². The average molecular weight is 433 g/mol. The maximum atomic E-state index is 5.30. The van der Waals surface area contributed by atoms with Crippen LogP contribution in [0.4, 0.5) is 0 Å². The molecular formula is C22H38Cl2N2O2. The number of rotatable bonds is 8. The van der Waals surface area contributed by atoms with Gasteiger partial charge in [-0.3, -0.25) is 4.90 Å². The van der Waals surface area contributed by atoms with Gasteiger partial charge in [0.1, 0.15) is 5.75 Å². The van der Waals surface area contributed by atoms with E-state index in [1.54, 1.807) is 14.2 Å². The van der Waals surface area contributed by atoms with Crippen molar-refractivity contribution in [1.29, 1.82) is 0 Å². The summed E-state index contributed by atoms with van der Waals surface area (Å²) in [4.78, 5) is 2.70. The van der Waals surface area contributed by atoms with Gasteiger partial charge in [0.25, 0.3) is 0 Å². The molecule has 1 spiro atoms. The van der Waals surface area contributed by atoms with E-state index in [0.717, 1.165) is 37.9 Å². The lowest BCUT2D eigenvalue weighted by molar-refractivity contribution is 0.0565. The van der Waals surface area contributed by atoms with Crippen LogP contribution in [0.3, 0.4) is 0 Å². The minimum atomic E-state index is 0. The minimum absolute atomic E-state index is 0. The molecule has 4 nitrogen and oxygen atoms in total. The van der Waals surface area contributed by atoms with E-state index in [2.05, 4.69) is 34.5 Å². The van der Waals surface area contributed by atoms with E-state index >= 15 is 0 Å². The number of benzene rings is 1. The first kappa shape index (κ1) is 25.5. The summed E-state index contributed by atoms with van der Waals surface area (Å²) in [5.74, 6) is 0.935. The van der Waals surface area contributed by atoms with Crippen molar-refractivity contribution < 1.29 is 9.47 Å². The molecule has 6 heteroatoms. The van der Waals surface area contributed by atoms with E-state index in [-0.39, 0.29) is 24.8 Å². The second kappa shape index (κ2) is 12.9. The van der Waals surface area contributed by atoms with Crippen LogP contribution in [-0.2, 0) is 11.3 Å². The van der Waals surface area contributed by atoms with E-state index < -0.39 is 0 Å². The number of methoxy groups -OCH3 is 2. The number of nitrogens with zero attached hydrogens (tertiary/aromatic N) is 1. The second-order valence-electron chi connectivity index (χ2n) is 8.15. The molecule has 3 rings (SSSR count). The van der Waals surface area contributed by atoms with E-state index in [1.807, 2.05) is 0 Å². The van der Waals surface area contributed by atoms with E-state index in [1.165, 1.54) is 57.2 Å². The van der Waals surface area contributed by atoms with Crippen molar-refractivity contribution in [2.45, 2.75) is 57.5 Å². The maximum absolute atomic E-state index is 5.30. The molecule has 1 aromatic carbocycles. The molecule has 0 radical (unpaired) electrons. The van der Waals surface area contributed by atoms with E-state index in [4.69, 9.17) is 9.47 Å². The van der Waals surface area contributed by atoms with Crippen LogP contribution < -0.4 is 10.1 Å². The molecule has 1 aromatic rings. The number of piperidine rings is 1. The molecule has 0 unspecified atom stereocenters. The fourth-order valence-electron chi connectivity index (χ4n) is 4.81. The Bertz CT molecular complexity index is 526. The van der Waals surface area contributed by atoms with E-state index in [9.17, 15) is 0 Å². The van der Waals surface area contributed by atoms with Crippen LogP contribution >= 0.6 is 24.8 Å². The molecule has 1 aliphatic heterocycles. The fraction of sp³-hybridized carbons (Fsp3) is 0.727. The van der Waals surface area contributed by atoms with Gasteiger partial charge in [-0.1, -0.05) is 12.1 Å². The first-order valence-corrected chi connectivity index (χ1v) is 10.3. The molecule has 1 heterocycles. The van der Waals surface area contributed by atoms with Crippen LogP contribution in [0, 0.1) is 5.41 Å². The monoisotopic (exact) mass is 432 g/mol. The first-order chi connectivity index (χ1) is 12.7. The van der Waals surface area contributed by atoms with Gasteiger partial charge in [-0.2, -0.15) is 0 Å². The Hall–Kier alpha value is -0.520. The number of ether oxygens (including phenoxy) is 2. The summed E-state index contributed by atoms with van der Waals surface area (Å²) in [6.07, 6.45) is 9.37. The average Bonchev–Trinajstić information content (AvgIpc) is 2.69. The highest BCUT2D eigenvalue weighted by Gasteiger charge is 2.37. The van der Waals surface area contributed by atoms with Crippen molar-refractivity contribution in [3.05, 3.63) is 29.8 Å². The molecule has 0 aromatic heterocycles. The van der Waals surface area contributed by atoms with Crippen LogP contribution in [0.15, 0.2) is 24.3 Å². The molecule has 0 amide bonds. The molecule has 1 saturated carbocycles. The summed E-state index contributed by atoms with van der Waals surface area (Å²) < 4.78 is 10.6. The molecule has 1 aliphatic carbocycles. The molecule has 0 atom stereocenters. The minimum Gasteiger partial charge on any atom is -0.497 e. The van der Waals surface area contributed by atoms with Crippen LogP contribution in [0.2, 0.25) is 0 Å². The van der Waals surface area contributed by atoms with Crippen LogP contribution in [0.5, 0.6) is 5.75 Å². The summed E-state index contributed by atoms with van der Waals surface area (Å²) in [5.41, 5.74) is 2.02. The highest BCUT2D eigenvalue weighted by molar-refractivity contribution is 5.85. The summed E-state index contributed by atoms with van der Waals surface area (Å²) >= 11 is 0. The van der Waals surface area contributed by atoms with Crippen LogP contribution in [-0.4, -0.2) is 51.4 Å². The normalized spacial score (nSPS) is 19.1. The molecule has 28 heavy (non-hydrogen) atoms. The number of halogens is 2. The van der Waals surface area contributed by atoms with Crippen molar-refractivity contribution >= 4 is 24.8 Å². The lowest BCUT2D eigenvalue weighted by Gasteiger charge is -2.46. The van der Waals surface area contributed by atoms with Gasteiger partial charge in [-0.05, 0) is 81.1 Å². The Balaban J connectivity index is 0.00000196. The quantitative estimate of drug-likeness (QED) is 0.603. The van der Waals surface area contributed by atoms with Crippen LogP contribution in [0.1, 0.15) is 50.5 Å². The molecular weight excluding hydrogens is 395 g/mol. The highest BCUT2D eigenvalue weighted by Crippen LogP contribution is 2.44. The van der Waals surface area contributed by atoms with Gasteiger partial charge in [-0.15, -0.1) is 24.8 Å². The number of hydrogen-bond donors (Lipinski definition) is 1. The lowest BCUT2D eigenvalue weighted by Crippen LogP contribution is -2.44.